The highest BCUT2D eigenvalue weighted by Gasteiger charge is 2.38. The van der Waals surface area contributed by atoms with Crippen molar-refractivity contribution in [3.05, 3.63) is 45.2 Å². The molecule has 0 aliphatic carbocycles. The minimum absolute atomic E-state index is 0.343. The first-order valence-electron chi connectivity index (χ1n) is 4.98. The highest BCUT2D eigenvalue weighted by atomic mass is 19.4. The number of benzene rings is 1. The van der Waals surface area contributed by atoms with Crippen LogP contribution in [0.3, 0.4) is 0 Å². The lowest BCUT2D eigenvalue weighted by molar-refractivity contribution is -0.141. The van der Waals surface area contributed by atoms with Crippen molar-refractivity contribution in [3.63, 3.8) is 0 Å². The number of rotatable bonds is 1. The van der Waals surface area contributed by atoms with Gasteiger partial charge in [-0.2, -0.15) is 13.2 Å². The van der Waals surface area contributed by atoms with Crippen LogP contribution >= 0.6 is 0 Å². The summed E-state index contributed by atoms with van der Waals surface area (Å²) < 4.78 is 64.1. The van der Waals surface area contributed by atoms with Gasteiger partial charge < -0.3 is 10.1 Å². The molecule has 2 aromatic rings. The number of carboxylic acids is 1. The van der Waals surface area contributed by atoms with Gasteiger partial charge in [0.25, 0.3) is 0 Å². The van der Waals surface area contributed by atoms with Gasteiger partial charge in [-0.05, 0) is 6.07 Å². The van der Waals surface area contributed by atoms with Crippen LogP contribution in [0.4, 0.5) is 22.0 Å². The maximum atomic E-state index is 13.0. The molecule has 0 aliphatic rings. The Balaban J connectivity index is 3.01. The number of carboxylic acid groups (broad SMARTS) is 1. The van der Waals surface area contributed by atoms with Gasteiger partial charge in [-0.1, -0.05) is 0 Å². The zero-order chi connectivity index (χ0) is 15.2. The molecule has 0 fully saturated rings. The van der Waals surface area contributed by atoms with E-state index in [1.54, 1.807) is 4.98 Å². The largest absolute Gasteiger partial charge is 0.477 e. The minimum Gasteiger partial charge on any atom is -0.477 e. The Labute approximate surface area is 106 Å². The Morgan fingerprint density at radius 3 is 2.20 bits per heavy atom. The van der Waals surface area contributed by atoms with Crippen molar-refractivity contribution in [2.75, 3.05) is 0 Å². The van der Waals surface area contributed by atoms with E-state index in [0.29, 0.717) is 12.1 Å². The number of H-pyrrole nitrogens is 1. The number of fused-ring (bicyclic) bond motifs is 1. The van der Waals surface area contributed by atoms with Gasteiger partial charge in [0.15, 0.2) is 11.6 Å². The average molecular weight is 293 g/mol. The smallest absolute Gasteiger partial charge is 0.432 e. The van der Waals surface area contributed by atoms with Crippen molar-refractivity contribution in [1.29, 1.82) is 0 Å². The molecule has 4 nitrogen and oxygen atoms in total. The van der Waals surface area contributed by atoms with Crippen molar-refractivity contribution in [3.8, 4) is 0 Å². The third-order valence-corrected chi connectivity index (χ3v) is 2.54. The van der Waals surface area contributed by atoms with E-state index in [1.165, 1.54) is 0 Å². The maximum absolute atomic E-state index is 13.0. The Morgan fingerprint density at radius 2 is 1.70 bits per heavy atom. The number of aromatic carboxylic acids is 1. The summed E-state index contributed by atoms with van der Waals surface area (Å²) >= 11 is 0. The molecule has 1 heterocycles. The molecule has 106 valence electrons. The summed E-state index contributed by atoms with van der Waals surface area (Å²) in [6.07, 6.45) is -5.16. The topological polar surface area (TPSA) is 70.2 Å². The fourth-order valence-electron chi connectivity index (χ4n) is 1.70. The first-order valence-corrected chi connectivity index (χ1v) is 4.98. The van der Waals surface area contributed by atoms with Gasteiger partial charge in [-0.3, -0.25) is 4.79 Å². The minimum atomic E-state index is -5.16. The van der Waals surface area contributed by atoms with Crippen LogP contribution in [0.25, 0.3) is 10.9 Å². The average Bonchev–Trinajstić information content (AvgIpc) is 2.29. The van der Waals surface area contributed by atoms with Crippen LogP contribution in [0.5, 0.6) is 0 Å². The second kappa shape index (κ2) is 4.29. The summed E-state index contributed by atoms with van der Waals surface area (Å²) in [6, 6.07) is 0.697. The second-order valence-electron chi connectivity index (χ2n) is 3.82. The lowest BCUT2D eigenvalue weighted by atomic mass is 10.1. The first kappa shape index (κ1) is 14.0. The molecular formula is C11H4F5NO3. The van der Waals surface area contributed by atoms with Crippen LogP contribution in [0.15, 0.2) is 16.9 Å². The van der Waals surface area contributed by atoms with Crippen molar-refractivity contribution < 1.29 is 31.9 Å². The summed E-state index contributed by atoms with van der Waals surface area (Å²) in [5.41, 5.74) is -5.59. The molecule has 0 aliphatic heterocycles. The molecular weight excluding hydrogens is 289 g/mol. The molecule has 9 heteroatoms. The van der Waals surface area contributed by atoms with Gasteiger partial charge in [0.1, 0.15) is 11.3 Å². The van der Waals surface area contributed by atoms with Gasteiger partial charge in [-0.25, -0.2) is 13.6 Å². The molecule has 0 bridgehead atoms. The quantitative estimate of drug-likeness (QED) is 0.794. The van der Waals surface area contributed by atoms with Crippen molar-refractivity contribution in [1.82, 2.24) is 4.98 Å². The van der Waals surface area contributed by atoms with E-state index in [-0.39, 0.29) is 0 Å². The summed E-state index contributed by atoms with van der Waals surface area (Å²) in [6.45, 7) is 0. The lowest BCUT2D eigenvalue weighted by Gasteiger charge is -2.11. The predicted molar refractivity (Wildman–Crippen MR) is 56.4 cm³/mol. The van der Waals surface area contributed by atoms with Gasteiger partial charge in [0.2, 0.25) is 5.43 Å². The fraction of sp³-hybridized carbons (Fsp3) is 0.0909. The molecule has 0 saturated heterocycles. The molecule has 0 radical (unpaired) electrons. The van der Waals surface area contributed by atoms with E-state index in [2.05, 4.69) is 0 Å². The SMILES string of the molecule is O=C(O)c1c(C(F)(F)F)[nH]c2cc(F)c(F)cc2c1=O. The molecule has 1 aromatic carbocycles. The Hall–Kier alpha value is -2.45. The molecule has 0 atom stereocenters. The first-order chi connectivity index (χ1) is 9.12. The summed E-state index contributed by atoms with van der Waals surface area (Å²) in [5, 5.41) is 8.02. The number of carbonyl (C=O) groups is 1. The zero-order valence-corrected chi connectivity index (χ0v) is 9.31. The molecule has 0 unspecified atom stereocenters. The van der Waals surface area contributed by atoms with E-state index in [0.717, 1.165) is 0 Å². The molecule has 0 amide bonds. The Morgan fingerprint density at radius 1 is 1.15 bits per heavy atom. The van der Waals surface area contributed by atoms with Crippen LogP contribution in [0.1, 0.15) is 16.1 Å². The van der Waals surface area contributed by atoms with E-state index in [1.807, 2.05) is 0 Å². The highest BCUT2D eigenvalue weighted by Crippen LogP contribution is 2.30. The van der Waals surface area contributed by atoms with E-state index in [4.69, 9.17) is 5.11 Å². The summed E-state index contributed by atoms with van der Waals surface area (Å²) in [5.74, 6) is -5.06. The van der Waals surface area contributed by atoms with Crippen molar-refractivity contribution in [2.45, 2.75) is 6.18 Å². The number of hydrogen-bond donors (Lipinski definition) is 2. The van der Waals surface area contributed by atoms with E-state index >= 15 is 0 Å². The predicted octanol–water partition coefficient (Wildman–Crippen LogP) is 2.52. The fourth-order valence-corrected chi connectivity index (χ4v) is 1.70. The molecule has 0 spiro atoms. The number of hydrogen-bond acceptors (Lipinski definition) is 2. The normalized spacial score (nSPS) is 11.8. The second-order valence-corrected chi connectivity index (χ2v) is 3.82. The summed E-state index contributed by atoms with van der Waals surface area (Å²) in [4.78, 5) is 24.1. The van der Waals surface area contributed by atoms with Crippen LogP contribution in [0, 0.1) is 11.6 Å². The molecule has 20 heavy (non-hydrogen) atoms. The van der Waals surface area contributed by atoms with Crippen LogP contribution in [-0.2, 0) is 6.18 Å². The monoisotopic (exact) mass is 293 g/mol. The number of aromatic amines is 1. The van der Waals surface area contributed by atoms with Gasteiger partial charge in [-0.15, -0.1) is 0 Å². The number of halogens is 5. The van der Waals surface area contributed by atoms with Crippen molar-refractivity contribution >= 4 is 16.9 Å². The maximum Gasteiger partial charge on any atom is 0.432 e. The standard InChI is InChI=1S/C11H4F5NO3/c12-4-1-3-6(2-5(4)13)17-9(11(14,15)16)7(8(3)18)10(19)20/h1-2H,(H,17,18)(H,19,20). The summed E-state index contributed by atoms with van der Waals surface area (Å²) in [7, 11) is 0. The van der Waals surface area contributed by atoms with Gasteiger partial charge >= 0.3 is 12.1 Å². The third-order valence-electron chi connectivity index (χ3n) is 2.54. The van der Waals surface area contributed by atoms with Crippen LogP contribution in [0.2, 0.25) is 0 Å². The zero-order valence-electron chi connectivity index (χ0n) is 9.31. The van der Waals surface area contributed by atoms with Gasteiger partial charge in [0, 0.05) is 11.5 Å². The van der Waals surface area contributed by atoms with Crippen molar-refractivity contribution in [2.24, 2.45) is 0 Å². The highest BCUT2D eigenvalue weighted by molar-refractivity contribution is 5.94. The number of pyridine rings is 1. The van der Waals surface area contributed by atoms with Crippen LogP contribution < -0.4 is 5.43 Å². The van der Waals surface area contributed by atoms with E-state index in [9.17, 15) is 31.5 Å². The Kier molecular flexibility index (Phi) is 2.99. The number of alkyl halides is 3. The number of aromatic nitrogens is 1. The molecule has 2 N–H and O–H groups in total. The Bertz CT molecular complexity index is 778. The van der Waals surface area contributed by atoms with Gasteiger partial charge in [0.05, 0.1) is 5.52 Å². The lowest BCUT2D eigenvalue weighted by Crippen LogP contribution is -2.25. The third kappa shape index (κ3) is 2.10. The number of nitrogens with one attached hydrogen (secondary N) is 1. The van der Waals surface area contributed by atoms with E-state index < -0.39 is 51.4 Å². The molecule has 0 saturated carbocycles. The molecule has 2 rings (SSSR count). The van der Waals surface area contributed by atoms with Crippen LogP contribution in [-0.4, -0.2) is 16.1 Å². The molecule has 1 aromatic heterocycles.